The van der Waals surface area contributed by atoms with Crippen molar-refractivity contribution in [3.8, 4) is 11.3 Å². The molecule has 0 atom stereocenters. The van der Waals surface area contributed by atoms with Gasteiger partial charge >= 0.3 is 0 Å². The maximum absolute atomic E-state index is 11.0. The lowest BCUT2D eigenvalue weighted by molar-refractivity contribution is 0.0802. The summed E-state index contributed by atoms with van der Waals surface area (Å²) in [5.74, 6) is 0. The molecule has 3 aromatic carbocycles. The number of hydrogen-bond donors (Lipinski definition) is 1. The van der Waals surface area contributed by atoms with Crippen LogP contribution in [-0.2, 0) is 16.4 Å². The Morgan fingerprint density at radius 1 is 0.829 bits per heavy atom. The van der Waals surface area contributed by atoms with Crippen molar-refractivity contribution < 1.29 is 9.52 Å². The van der Waals surface area contributed by atoms with E-state index in [-0.39, 0.29) is 10.8 Å². The van der Waals surface area contributed by atoms with Crippen LogP contribution in [0, 0.1) is 0 Å². The van der Waals surface area contributed by atoms with Crippen LogP contribution in [-0.4, -0.2) is 10.1 Å². The van der Waals surface area contributed by atoms with Gasteiger partial charge in [0.1, 0.15) is 11.3 Å². The highest BCUT2D eigenvalue weighted by atomic mass is 16.3. The number of pyridine rings is 1. The van der Waals surface area contributed by atoms with Crippen LogP contribution >= 0.6 is 0 Å². The Morgan fingerprint density at radius 2 is 1.51 bits per heavy atom. The summed E-state index contributed by atoms with van der Waals surface area (Å²) in [6.07, 6.45) is 4.22. The van der Waals surface area contributed by atoms with E-state index in [1.807, 2.05) is 32.2 Å². The third-order valence-electron chi connectivity index (χ3n) is 8.15. The van der Waals surface area contributed by atoms with Crippen molar-refractivity contribution in [3.63, 3.8) is 0 Å². The number of nitrogens with zero attached hydrogens (tertiary/aromatic N) is 1. The molecule has 1 aliphatic rings. The van der Waals surface area contributed by atoms with E-state index in [0.717, 1.165) is 49.5 Å². The molecule has 2 aromatic heterocycles. The van der Waals surface area contributed by atoms with Gasteiger partial charge in [0.2, 0.25) is 0 Å². The van der Waals surface area contributed by atoms with Crippen LogP contribution < -0.4 is 0 Å². The lowest BCUT2D eigenvalue weighted by Crippen LogP contribution is -2.33. The molecule has 0 spiro atoms. The van der Waals surface area contributed by atoms with Crippen LogP contribution in [0.4, 0.5) is 0 Å². The highest BCUT2D eigenvalue weighted by Gasteiger charge is 2.37. The number of hydrogen-bond acceptors (Lipinski definition) is 3. The summed E-state index contributed by atoms with van der Waals surface area (Å²) >= 11 is 0. The highest BCUT2D eigenvalue weighted by Crippen LogP contribution is 2.48. The third-order valence-corrected chi connectivity index (χ3v) is 8.15. The molecule has 0 bridgehead atoms. The van der Waals surface area contributed by atoms with Crippen molar-refractivity contribution in [2.75, 3.05) is 0 Å². The standard InChI is InChI=1S/C32H33NO2/c1-30(2)12-13-31(3,4)26-18-27-23(17-25(26)30)22-11-14-33-28(29(22)35-27)20-15-19-9-7-8-10-21(19)24(16-20)32(5,6)34/h7-11,14-18,34H,12-13H2,1-6H3. The molecular formula is C32H33NO2. The average Bonchev–Trinajstić information content (AvgIpc) is 3.18. The van der Waals surface area contributed by atoms with Gasteiger partial charge in [0.05, 0.1) is 5.60 Å². The molecule has 2 heterocycles. The molecule has 1 aliphatic carbocycles. The Kier molecular flexibility index (Phi) is 4.57. The van der Waals surface area contributed by atoms with Gasteiger partial charge in [-0.3, -0.25) is 4.98 Å². The van der Waals surface area contributed by atoms with E-state index < -0.39 is 5.60 Å². The van der Waals surface area contributed by atoms with Crippen LogP contribution in [0.3, 0.4) is 0 Å². The fourth-order valence-electron chi connectivity index (χ4n) is 5.92. The second-order valence-electron chi connectivity index (χ2n) is 12.1. The Morgan fingerprint density at radius 3 is 2.23 bits per heavy atom. The summed E-state index contributed by atoms with van der Waals surface area (Å²) in [5, 5.41) is 15.3. The predicted octanol–water partition coefficient (Wildman–Crippen LogP) is 8.38. The van der Waals surface area contributed by atoms with E-state index >= 15 is 0 Å². The zero-order valence-electron chi connectivity index (χ0n) is 21.5. The van der Waals surface area contributed by atoms with Gasteiger partial charge in [-0.15, -0.1) is 0 Å². The minimum atomic E-state index is -0.979. The second kappa shape index (κ2) is 7.18. The van der Waals surface area contributed by atoms with E-state index in [0.29, 0.717) is 0 Å². The van der Waals surface area contributed by atoms with Crippen molar-refractivity contribution >= 4 is 32.7 Å². The molecular weight excluding hydrogens is 430 g/mol. The summed E-state index contributed by atoms with van der Waals surface area (Å²) in [7, 11) is 0. The van der Waals surface area contributed by atoms with E-state index in [1.165, 1.54) is 24.0 Å². The number of fused-ring (bicyclic) bond motifs is 5. The van der Waals surface area contributed by atoms with Gasteiger partial charge in [-0.2, -0.15) is 0 Å². The maximum Gasteiger partial charge on any atom is 0.161 e. The zero-order chi connectivity index (χ0) is 24.8. The Bertz CT molecular complexity index is 1630. The first-order valence-corrected chi connectivity index (χ1v) is 12.6. The fourth-order valence-corrected chi connectivity index (χ4v) is 5.92. The summed E-state index contributed by atoms with van der Waals surface area (Å²) in [4.78, 5) is 4.78. The van der Waals surface area contributed by atoms with Gasteiger partial charge in [0, 0.05) is 22.5 Å². The van der Waals surface area contributed by atoms with E-state index in [1.54, 1.807) is 0 Å². The number of benzene rings is 3. The summed E-state index contributed by atoms with van der Waals surface area (Å²) in [6, 6.07) is 19.1. The SMILES string of the molecule is CC(C)(O)c1cc(-c2nccc3c2oc2cc4c(cc23)C(C)(C)CCC4(C)C)cc2ccccc12. The van der Waals surface area contributed by atoms with Crippen molar-refractivity contribution in [3.05, 3.63) is 77.5 Å². The van der Waals surface area contributed by atoms with Crippen LogP contribution in [0.25, 0.3) is 44.0 Å². The largest absolute Gasteiger partial charge is 0.454 e. The molecule has 0 unspecified atom stereocenters. The molecule has 0 radical (unpaired) electrons. The van der Waals surface area contributed by atoms with Gasteiger partial charge in [0.25, 0.3) is 0 Å². The maximum atomic E-state index is 11.0. The normalized spacial score (nSPS) is 17.2. The molecule has 0 saturated heterocycles. The van der Waals surface area contributed by atoms with Crippen LogP contribution in [0.5, 0.6) is 0 Å². The van der Waals surface area contributed by atoms with Crippen LogP contribution in [0.15, 0.2) is 65.2 Å². The van der Waals surface area contributed by atoms with Crippen LogP contribution in [0.2, 0.25) is 0 Å². The first-order chi connectivity index (χ1) is 16.5. The Hall–Kier alpha value is -3.17. The average molecular weight is 464 g/mol. The molecule has 178 valence electrons. The van der Waals surface area contributed by atoms with Gasteiger partial charge in [-0.25, -0.2) is 0 Å². The van der Waals surface area contributed by atoms with Crippen molar-refractivity contribution in [1.82, 2.24) is 4.98 Å². The molecule has 0 amide bonds. The van der Waals surface area contributed by atoms with Crippen molar-refractivity contribution in [2.24, 2.45) is 0 Å². The molecule has 3 heteroatoms. The third kappa shape index (κ3) is 3.40. The molecule has 6 rings (SSSR count). The van der Waals surface area contributed by atoms with E-state index in [4.69, 9.17) is 9.40 Å². The second-order valence-corrected chi connectivity index (χ2v) is 12.1. The van der Waals surface area contributed by atoms with E-state index in [9.17, 15) is 5.11 Å². The van der Waals surface area contributed by atoms with Crippen molar-refractivity contribution in [1.29, 1.82) is 0 Å². The molecule has 0 fully saturated rings. The number of furan rings is 1. The quantitative estimate of drug-likeness (QED) is 0.286. The van der Waals surface area contributed by atoms with Gasteiger partial charge in [-0.1, -0.05) is 52.0 Å². The number of aliphatic hydroxyl groups is 1. The highest BCUT2D eigenvalue weighted by molar-refractivity contribution is 6.09. The first kappa shape index (κ1) is 22.3. The molecule has 1 N–H and O–H groups in total. The topological polar surface area (TPSA) is 46.3 Å². The minimum Gasteiger partial charge on any atom is -0.454 e. The summed E-state index contributed by atoms with van der Waals surface area (Å²) in [5.41, 5.74) is 6.48. The molecule has 5 aromatic rings. The monoisotopic (exact) mass is 463 g/mol. The Balaban J connectivity index is 1.65. The number of rotatable bonds is 2. The van der Waals surface area contributed by atoms with Gasteiger partial charge in [-0.05, 0) is 95.3 Å². The summed E-state index contributed by atoms with van der Waals surface area (Å²) in [6.45, 7) is 13.1. The number of aromatic nitrogens is 1. The smallest absolute Gasteiger partial charge is 0.161 e. The Labute approximate surface area is 206 Å². The lowest BCUT2D eigenvalue weighted by Gasteiger charge is -2.41. The molecule has 0 aliphatic heterocycles. The van der Waals surface area contributed by atoms with Crippen LogP contribution in [0.1, 0.15) is 71.1 Å². The van der Waals surface area contributed by atoms with Gasteiger partial charge < -0.3 is 9.52 Å². The van der Waals surface area contributed by atoms with E-state index in [2.05, 4.69) is 70.2 Å². The van der Waals surface area contributed by atoms with Crippen molar-refractivity contribution in [2.45, 2.75) is 70.8 Å². The summed E-state index contributed by atoms with van der Waals surface area (Å²) < 4.78 is 6.58. The lowest BCUT2D eigenvalue weighted by atomic mass is 9.63. The molecule has 3 nitrogen and oxygen atoms in total. The fraction of sp³-hybridized carbons (Fsp3) is 0.344. The first-order valence-electron chi connectivity index (χ1n) is 12.6. The minimum absolute atomic E-state index is 0.124. The molecule has 35 heavy (non-hydrogen) atoms. The van der Waals surface area contributed by atoms with Gasteiger partial charge in [0.15, 0.2) is 5.58 Å². The molecule has 0 saturated carbocycles. The predicted molar refractivity (Wildman–Crippen MR) is 145 cm³/mol. The zero-order valence-corrected chi connectivity index (χ0v) is 21.5.